The number of hydrogen-bond acceptors (Lipinski definition) is 2. The normalized spacial score (nSPS) is 11.8. The van der Waals surface area contributed by atoms with Crippen LogP contribution >= 0.6 is 0 Å². The summed E-state index contributed by atoms with van der Waals surface area (Å²) in [6, 6.07) is 12.3. The largest absolute Gasteiger partial charge is 0.508 e. The smallest absolute Gasteiger partial charge is 0.118 e. The van der Waals surface area contributed by atoms with Crippen molar-refractivity contribution in [3.05, 3.63) is 58.7 Å². The Morgan fingerprint density at radius 1 is 0.514 bits per heavy atom. The van der Waals surface area contributed by atoms with Gasteiger partial charge in [-0.05, 0) is 60.1 Å². The number of hydrogen-bond donors (Lipinski definition) is 2. The molecule has 2 nitrogen and oxygen atoms in total. The molecule has 0 saturated carbocycles. The van der Waals surface area contributed by atoms with Gasteiger partial charge in [-0.15, -0.1) is 0 Å². The molecular weight excluding hydrogens is 428 g/mol. The molecule has 196 valence electrons. The highest BCUT2D eigenvalue weighted by atomic mass is 16.3. The van der Waals surface area contributed by atoms with Gasteiger partial charge in [0.05, 0.1) is 0 Å². The zero-order valence-corrected chi connectivity index (χ0v) is 23.2. The number of unbranched alkanes of at least 4 members (excludes halogenated alkanes) is 12. The van der Waals surface area contributed by atoms with Crippen LogP contribution < -0.4 is 0 Å². The van der Waals surface area contributed by atoms with Crippen LogP contribution in [0, 0.1) is 0 Å². The van der Waals surface area contributed by atoms with Crippen LogP contribution in [0.1, 0.15) is 140 Å². The molecule has 0 bridgehead atoms. The lowest BCUT2D eigenvalue weighted by atomic mass is 9.76. The molecule has 2 heteroatoms. The van der Waals surface area contributed by atoms with Gasteiger partial charge in [0.2, 0.25) is 0 Å². The first-order valence-corrected chi connectivity index (χ1v) is 14.5. The Morgan fingerprint density at radius 3 is 1.23 bits per heavy atom. The molecule has 0 spiro atoms. The number of benzene rings is 2. The molecule has 0 amide bonds. The topological polar surface area (TPSA) is 40.5 Å². The molecule has 0 radical (unpaired) electrons. The average Bonchev–Trinajstić information content (AvgIpc) is 2.84. The number of rotatable bonds is 18. The molecule has 0 heterocycles. The van der Waals surface area contributed by atoms with E-state index in [1.54, 1.807) is 0 Å². The maximum atomic E-state index is 10.5. The van der Waals surface area contributed by atoms with Gasteiger partial charge in [0, 0.05) is 5.41 Å². The zero-order chi connectivity index (χ0) is 25.5. The maximum absolute atomic E-state index is 10.5. The van der Waals surface area contributed by atoms with Gasteiger partial charge in [-0.2, -0.15) is 0 Å². The fourth-order valence-corrected chi connectivity index (χ4v) is 5.06. The van der Waals surface area contributed by atoms with Crippen molar-refractivity contribution >= 4 is 0 Å². The Balaban J connectivity index is 1.99. The van der Waals surface area contributed by atoms with Gasteiger partial charge in [-0.3, -0.25) is 0 Å². The Kier molecular flexibility index (Phi) is 13.3. The average molecular weight is 481 g/mol. The summed E-state index contributed by atoms with van der Waals surface area (Å²) in [7, 11) is 0. The number of aromatic hydroxyl groups is 2. The summed E-state index contributed by atoms with van der Waals surface area (Å²) in [5, 5.41) is 21.0. The van der Waals surface area contributed by atoms with Crippen molar-refractivity contribution < 1.29 is 10.2 Å². The molecule has 2 aromatic rings. The monoisotopic (exact) mass is 480 g/mol. The highest BCUT2D eigenvalue weighted by Crippen LogP contribution is 2.36. The summed E-state index contributed by atoms with van der Waals surface area (Å²) in [5.41, 5.74) is 4.38. The Bertz CT molecular complexity index is 783. The lowest BCUT2D eigenvalue weighted by Crippen LogP contribution is -2.19. The van der Waals surface area contributed by atoms with Gasteiger partial charge < -0.3 is 10.2 Å². The van der Waals surface area contributed by atoms with Crippen LogP contribution in [0.5, 0.6) is 11.5 Å². The van der Waals surface area contributed by atoms with E-state index in [1.807, 2.05) is 12.1 Å². The first kappa shape index (κ1) is 29.3. The van der Waals surface area contributed by atoms with Crippen molar-refractivity contribution in [3.63, 3.8) is 0 Å². The van der Waals surface area contributed by atoms with Gasteiger partial charge in [0.25, 0.3) is 0 Å². The van der Waals surface area contributed by atoms with Gasteiger partial charge in [-0.25, -0.2) is 0 Å². The van der Waals surface area contributed by atoms with Gasteiger partial charge >= 0.3 is 0 Å². The predicted octanol–water partition coefficient (Wildman–Crippen LogP) is 10.0. The Morgan fingerprint density at radius 2 is 0.857 bits per heavy atom. The third kappa shape index (κ3) is 9.90. The third-order valence-corrected chi connectivity index (χ3v) is 7.70. The van der Waals surface area contributed by atoms with E-state index in [-0.39, 0.29) is 5.41 Å². The molecule has 0 aliphatic carbocycles. The van der Waals surface area contributed by atoms with E-state index in [2.05, 4.69) is 52.0 Å². The van der Waals surface area contributed by atoms with Crippen LogP contribution in [0.25, 0.3) is 0 Å². The number of aryl methyl sites for hydroxylation is 2. The summed E-state index contributed by atoms with van der Waals surface area (Å²) < 4.78 is 0. The van der Waals surface area contributed by atoms with Crippen molar-refractivity contribution in [3.8, 4) is 11.5 Å². The van der Waals surface area contributed by atoms with Crippen molar-refractivity contribution in [1.29, 1.82) is 0 Å². The van der Waals surface area contributed by atoms with Gasteiger partial charge in [0.15, 0.2) is 0 Å². The molecule has 0 unspecified atom stereocenters. The highest BCUT2D eigenvalue weighted by Gasteiger charge is 2.25. The minimum Gasteiger partial charge on any atom is -0.508 e. The molecule has 2 N–H and O–H groups in total. The van der Waals surface area contributed by atoms with E-state index in [0.717, 1.165) is 36.8 Å². The van der Waals surface area contributed by atoms with Gasteiger partial charge in [0.1, 0.15) is 11.5 Å². The summed E-state index contributed by atoms with van der Waals surface area (Å²) >= 11 is 0. The standard InChI is InChI=1S/C33H52O2/c1-5-7-9-11-13-15-17-19-27-25-29(21-23-31(27)34)33(3,4)30-22-24-32(35)28(26-30)20-18-16-14-12-10-8-6-2/h21-26,34-35H,5-20H2,1-4H3. The second-order valence-corrected chi connectivity index (χ2v) is 11.1. The van der Waals surface area contributed by atoms with E-state index >= 15 is 0 Å². The van der Waals surface area contributed by atoms with E-state index in [0.29, 0.717) is 11.5 Å². The first-order chi connectivity index (χ1) is 16.9. The van der Waals surface area contributed by atoms with Crippen LogP contribution in [0.3, 0.4) is 0 Å². The van der Waals surface area contributed by atoms with Crippen LogP contribution in [-0.4, -0.2) is 10.2 Å². The molecule has 0 saturated heterocycles. The molecule has 35 heavy (non-hydrogen) atoms. The molecule has 0 atom stereocenters. The van der Waals surface area contributed by atoms with Crippen LogP contribution in [-0.2, 0) is 18.3 Å². The second kappa shape index (κ2) is 15.9. The summed E-state index contributed by atoms with van der Waals surface area (Å²) in [6.45, 7) is 9.01. The van der Waals surface area contributed by atoms with Crippen molar-refractivity contribution in [2.24, 2.45) is 0 Å². The maximum Gasteiger partial charge on any atom is 0.118 e. The van der Waals surface area contributed by atoms with Crippen molar-refractivity contribution in [1.82, 2.24) is 0 Å². The second-order valence-electron chi connectivity index (χ2n) is 11.1. The first-order valence-electron chi connectivity index (χ1n) is 14.5. The quantitative estimate of drug-likeness (QED) is 0.208. The van der Waals surface area contributed by atoms with E-state index in [1.165, 1.54) is 88.2 Å². The third-order valence-electron chi connectivity index (χ3n) is 7.70. The van der Waals surface area contributed by atoms with Crippen molar-refractivity contribution in [2.45, 2.75) is 136 Å². The molecular formula is C33H52O2. The van der Waals surface area contributed by atoms with Crippen LogP contribution in [0.4, 0.5) is 0 Å². The highest BCUT2D eigenvalue weighted by molar-refractivity contribution is 5.47. The number of phenols is 2. The van der Waals surface area contributed by atoms with Gasteiger partial charge in [-0.1, -0.05) is 129 Å². The van der Waals surface area contributed by atoms with E-state index in [9.17, 15) is 10.2 Å². The van der Waals surface area contributed by atoms with E-state index < -0.39 is 0 Å². The molecule has 0 aliphatic rings. The lowest BCUT2D eigenvalue weighted by Gasteiger charge is -2.28. The molecule has 0 fully saturated rings. The van der Waals surface area contributed by atoms with Crippen molar-refractivity contribution in [2.75, 3.05) is 0 Å². The van der Waals surface area contributed by atoms with Crippen LogP contribution in [0.15, 0.2) is 36.4 Å². The SMILES string of the molecule is CCCCCCCCCc1cc(C(C)(C)c2ccc(O)c(CCCCCCCCC)c2)ccc1O. The minimum absolute atomic E-state index is 0.189. The lowest BCUT2D eigenvalue weighted by molar-refractivity contribution is 0.464. The summed E-state index contributed by atoms with van der Waals surface area (Å²) in [5.74, 6) is 0.835. The summed E-state index contributed by atoms with van der Waals surface area (Å²) in [4.78, 5) is 0. The molecule has 2 aromatic carbocycles. The zero-order valence-electron chi connectivity index (χ0n) is 23.2. The number of phenolic OH excluding ortho intramolecular Hbond substituents is 2. The summed E-state index contributed by atoms with van der Waals surface area (Å²) in [6.07, 6.45) is 19.8. The molecule has 0 aliphatic heterocycles. The fraction of sp³-hybridized carbons (Fsp3) is 0.636. The fourth-order valence-electron chi connectivity index (χ4n) is 5.06. The van der Waals surface area contributed by atoms with E-state index in [4.69, 9.17) is 0 Å². The minimum atomic E-state index is -0.189. The molecule has 0 aromatic heterocycles. The Labute approximate surface area is 216 Å². The van der Waals surface area contributed by atoms with Crippen LogP contribution in [0.2, 0.25) is 0 Å². The Hall–Kier alpha value is -1.96. The predicted molar refractivity (Wildman–Crippen MR) is 152 cm³/mol. The molecule has 2 rings (SSSR count).